The molecule has 1 N–H and O–H groups in total. The average Bonchev–Trinajstić information content (AvgIpc) is 2.33. The van der Waals surface area contributed by atoms with Gasteiger partial charge in [-0.2, -0.15) is 13.2 Å². The van der Waals surface area contributed by atoms with Gasteiger partial charge < -0.3 is 10.2 Å². The summed E-state index contributed by atoms with van der Waals surface area (Å²) in [5.74, 6) is -0.0190. The van der Waals surface area contributed by atoms with Gasteiger partial charge in [0.25, 0.3) is 0 Å². The molecule has 0 aliphatic rings. The first-order valence-corrected chi connectivity index (χ1v) is 6.05. The van der Waals surface area contributed by atoms with Crippen LogP contribution in [-0.4, -0.2) is 37.7 Å². The molecule has 1 aromatic carbocycles. The van der Waals surface area contributed by atoms with Crippen molar-refractivity contribution in [1.82, 2.24) is 10.2 Å². The van der Waals surface area contributed by atoms with Crippen molar-refractivity contribution in [2.45, 2.75) is 19.1 Å². The maximum absolute atomic E-state index is 13.0. The lowest BCUT2D eigenvalue weighted by Crippen LogP contribution is -2.39. The van der Waals surface area contributed by atoms with E-state index in [9.17, 15) is 17.6 Å². The fourth-order valence-electron chi connectivity index (χ4n) is 1.68. The largest absolute Gasteiger partial charge is 0.390 e. The normalized spacial score (nSPS) is 11.8. The number of hydrogen-bond donors (Lipinski definition) is 1. The summed E-state index contributed by atoms with van der Waals surface area (Å²) >= 11 is 0. The number of nitrogens with one attached hydrogen (secondary N) is 1. The third-order valence-corrected chi connectivity index (χ3v) is 2.57. The third kappa shape index (κ3) is 8.08. The highest BCUT2D eigenvalue weighted by molar-refractivity contribution is 14.0. The first kappa shape index (κ1) is 19.9. The number of aliphatic imine (C=N–C) groups is 1. The molecule has 0 aliphatic carbocycles. The lowest BCUT2D eigenvalue weighted by atomic mass is 10.2. The molecule has 0 saturated carbocycles. The standard InChI is InChI=1S/C13H17F4N3.HI/c1-18-12(19-7-6-13(15,16)17)20(2)9-10-4-3-5-11(14)8-10;/h3-5,8H,6-7,9H2,1-2H3,(H,18,19);1H. The molecule has 0 radical (unpaired) electrons. The zero-order valence-electron chi connectivity index (χ0n) is 11.7. The molecule has 0 aromatic heterocycles. The summed E-state index contributed by atoms with van der Waals surface area (Å²) in [6.45, 7) is 0.104. The average molecular weight is 419 g/mol. The molecule has 1 rings (SSSR count). The summed E-state index contributed by atoms with van der Waals surface area (Å²) < 4.78 is 49.2. The minimum absolute atomic E-state index is 0. The topological polar surface area (TPSA) is 27.6 Å². The van der Waals surface area contributed by atoms with E-state index in [1.807, 2.05) is 0 Å². The Morgan fingerprint density at radius 2 is 2.00 bits per heavy atom. The van der Waals surface area contributed by atoms with Crippen molar-refractivity contribution in [2.24, 2.45) is 4.99 Å². The Kier molecular flexibility index (Phi) is 8.60. The van der Waals surface area contributed by atoms with Gasteiger partial charge in [-0.05, 0) is 17.7 Å². The maximum Gasteiger partial charge on any atom is 0.390 e. The Morgan fingerprint density at radius 3 is 2.52 bits per heavy atom. The van der Waals surface area contributed by atoms with Gasteiger partial charge in [0, 0.05) is 27.2 Å². The zero-order valence-corrected chi connectivity index (χ0v) is 14.1. The van der Waals surface area contributed by atoms with E-state index in [4.69, 9.17) is 0 Å². The van der Waals surface area contributed by atoms with Crippen molar-refractivity contribution in [3.8, 4) is 0 Å². The van der Waals surface area contributed by atoms with Crippen LogP contribution in [-0.2, 0) is 6.54 Å². The van der Waals surface area contributed by atoms with Crippen LogP contribution in [0.3, 0.4) is 0 Å². The van der Waals surface area contributed by atoms with Crippen molar-refractivity contribution in [3.63, 3.8) is 0 Å². The molecule has 0 atom stereocenters. The summed E-state index contributed by atoms with van der Waals surface area (Å²) in [6.07, 6.45) is -5.13. The number of nitrogens with zero attached hydrogens (tertiary/aromatic N) is 2. The first-order valence-electron chi connectivity index (χ1n) is 6.05. The van der Waals surface area contributed by atoms with E-state index >= 15 is 0 Å². The Morgan fingerprint density at radius 1 is 1.33 bits per heavy atom. The van der Waals surface area contributed by atoms with Crippen LogP contribution < -0.4 is 5.32 Å². The number of benzene rings is 1. The van der Waals surface area contributed by atoms with E-state index in [-0.39, 0.29) is 36.3 Å². The SMILES string of the molecule is CN=C(NCCC(F)(F)F)N(C)Cc1cccc(F)c1.I. The lowest BCUT2D eigenvalue weighted by Gasteiger charge is -2.22. The third-order valence-electron chi connectivity index (χ3n) is 2.57. The highest BCUT2D eigenvalue weighted by atomic mass is 127. The molecular formula is C13H18F4IN3. The van der Waals surface area contributed by atoms with E-state index in [1.54, 1.807) is 24.1 Å². The molecule has 0 saturated heterocycles. The fourth-order valence-corrected chi connectivity index (χ4v) is 1.68. The minimum atomic E-state index is -4.20. The molecule has 0 unspecified atom stereocenters. The van der Waals surface area contributed by atoms with Crippen molar-refractivity contribution in [1.29, 1.82) is 0 Å². The van der Waals surface area contributed by atoms with Crippen molar-refractivity contribution >= 4 is 29.9 Å². The van der Waals surface area contributed by atoms with Gasteiger partial charge in [-0.25, -0.2) is 4.39 Å². The molecular weight excluding hydrogens is 401 g/mol. The van der Waals surface area contributed by atoms with Crippen LogP contribution in [0.4, 0.5) is 17.6 Å². The second-order valence-corrected chi connectivity index (χ2v) is 4.33. The predicted octanol–water partition coefficient (Wildman–Crippen LogP) is 3.40. The Hall–Kier alpha value is -1.06. The lowest BCUT2D eigenvalue weighted by molar-refractivity contribution is -0.132. The van der Waals surface area contributed by atoms with Crippen LogP contribution in [0.2, 0.25) is 0 Å². The maximum atomic E-state index is 13.0. The fraction of sp³-hybridized carbons (Fsp3) is 0.462. The Balaban J connectivity index is 0.00000400. The summed E-state index contributed by atoms with van der Waals surface area (Å²) in [4.78, 5) is 5.53. The van der Waals surface area contributed by atoms with Crippen LogP contribution in [0.15, 0.2) is 29.3 Å². The van der Waals surface area contributed by atoms with Crippen LogP contribution >= 0.6 is 24.0 Å². The number of guanidine groups is 1. The van der Waals surface area contributed by atoms with Gasteiger partial charge in [0.15, 0.2) is 5.96 Å². The Bertz CT molecular complexity index is 463. The second kappa shape index (κ2) is 9.06. The molecule has 1 aromatic rings. The van der Waals surface area contributed by atoms with Gasteiger partial charge in [0.1, 0.15) is 5.82 Å². The van der Waals surface area contributed by atoms with Crippen molar-refractivity contribution in [3.05, 3.63) is 35.6 Å². The van der Waals surface area contributed by atoms with E-state index in [0.717, 1.165) is 0 Å². The van der Waals surface area contributed by atoms with Crippen LogP contribution in [0, 0.1) is 5.82 Å². The smallest absolute Gasteiger partial charge is 0.356 e. The molecule has 0 amide bonds. The summed E-state index contributed by atoms with van der Waals surface area (Å²) in [5, 5.41) is 2.62. The molecule has 0 fully saturated rings. The summed E-state index contributed by atoms with van der Waals surface area (Å²) in [7, 11) is 3.16. The second-order valence-electron chi connectivity index (χ2n) is 4.33. The zero-order chi connectivity index (χ0) is 15.2. The van der Waals surface area contributed by atoms with Gasteiger partial charge in [0.05, 0.1) is 6.42 Å². The highest BCUT2D eigenvalue weighted by Crippen LogP contribution is 2.18. The first-order chi connectivity index (χ1) is 9.31. The van der Waals surface area contributed by atoms with E-state index < -0.39 is 12.6 Å². The van der Waals surface area contributed by atoms with Gasteiger partial charge in [0.2, 0.25) is 0 Å². The van der Waals surface area contributed by atoms with Gasteiger partial charge in [-0.15, -0.1) is 24.0 Å². The monoisotopic (exact) mass is 419 g/mol. The van der Waals surface area contributed by atoms with E-state index in [1.165, 1.54) is 19.2 Å². The minimum Gasteiger partial charge on any atom is -0.356 e. The van der Waals surface area contributed by atoms with Crippen LogP contribution in [0.25, 0.3) is 0 Å². The van der Waals surface area contributed by atoms with E-state index in [2.05, 4.69) is 10.3 Å². The number of halogens is 5. The molecule has 0 spiro atoms. The summed E-state index contributed by atoms with van der Waals surface area (Å²) in [6, 6.07) is 6.03. The van der Waals surface area contributed by atoms with E-state index in [0.29, 0.717) is 18.1 Å². The molecule has 0 bridgehead atoms. The number of rotatable bonds is 4. The molecule has 120 valence electrons. The van der Waals surface area contributed by atoms with Gasteiger partial charge in [-0.3, -0.25) is 4.99 Å². The van der Waals surface area contributed by atoms with Gasteiger partial charge >= 0.3 is 6.18 Å². The molecule has 3 nitrogen and oxygen atoms in total. The van der Waals surface area contributed by atoms with Crippen LogP contribution in [0.5, 0.6) is 0 Å². The molecule has 0 heterocycles. The van der Waals surface area contributed by atoms with Gasteiger partial charge in [-0.1, -0.05) is 12.1 Å². The van der Waals surface area contributed by atoms with Crippen molar-refractivity contribution in [2.75, 3.05) is 20.6 Å². The molecule has 21 heavy (non-hydrogen) atoms. The highest BCUT2D eigenvalue weighted by Gasteiger charge is 2.26. The predicted molar refractivity (Wildman–Crippen MR) is 85.3 cm³/mol. The number of alkyl halides is 3. The van der Waals surface area contributed by atoms with Crippen LogP contribution in [0.1, 0.15) is 12.0 Å². The molecule has 0 aliphatic heterocycles. The van der Waals surface area contributed by atoms with Crippen molar-refractivity contribution < 1.29 is 17.6 Å². The summed E-state index contributed by atoms with van der Waals surface area (Å²) in [5.41, 5.74) is 0.714. The Labute approximate surface area is 138 Å². The quantitative estimate of drug-likeness (QED) is 0.351. The number of hydrogen-bond acceptors (Lipinski definition) is 1. The molecule has 8 heteroatoms.